The highest BCUT2D eigenvalue weighted by atomic mass is 32.1. The molecule has 1 aromatic heterocycles. The number of hydrogen-bond acceptors (Lipinski definition) is 5. The quantitative estimate of drug-likeness (QED) is 0.421. The number of benzene rings is 1. The number of Topliss-reactive ketones (excluding diaryl/α,β-unsaturated/α-hetero) is 1. The average molecular weight is 415 g/mol. The zero-order valence-corrected chi connectivity index (χ0v) is 16.9. The summed E-state index contributed by atoms with van der Waals surface area (Å²) in [6.45, 7) is 0. The molecule has 1 aliphatic rings. The van der Waals surface area contributed by atoms with Gasteiger partial charge in [0, 0.05) is 34.3 Å². The van der Waals surface area contributed by atoms with Crippen LogP contribution in [0.15, 0.2) is 54.6 Å². The van der Waals surface area contributed by atoms with E-state index < -0.39 is 18.2 Å². The fraction of sp³-hybridized carbons (Fsp3) is 0.391. The van der Waals surface area contributed by atoms with Crippen LogP contribution in [0.1, 0.15) is 43.1 Å². The first kappa shape index (κ1) is 21.4. The zero-order valence-electron chi connectivity index (χ0n) is 16.1. The van der Waals surface area contributed by atoms with E-state index in [0.29, 0.717) is 19.3 Å². The van der Waals surface area contributed by atoms with Crippen LogP contribution in [-0.2, 0) is 9.59 Å². The van der Waals surface area contributed by atoms with Crippen LogP contribution >= 0.6 is 11.3 Å². The first-order valence-electron chi connectivity index (χ1n) is 9.88. The van der Waals surface area contributed by atoms with Crippen molar-refractivity contribution in [2.45, 2.75) is 44.3 Å². The van der Waals surface area contributed by atoms with Crippen molar-refractivity contribution in [2.24, 2.45) is 11.8 Å². The third kappa shape index (κ3) is 5.63. The van der Waals surface area contributed by atoms with Crippen molar-refractivity contribution in [1.29, 1.82) is 0 Å². The molecular formula is C23H26O5S. The largest absolute Gasteiger partial charge is 0.481 e. The van der Waals surface area contributed by atoms with Crippen LogP contribution in [0.4, 0.5) is 0 Å². The molecule has 5 nitrogen and oxygen atoms in total. The number of aliphatic carboxylic acids is 1. The first-order chi connectivity index (χ1) is 14.0. The monoisotopic (exact) mass is 414 g/mol. The molecule has 0 unspecified atom stereocenters. The molecule has 3 N–H and O–H groups in total. The normalized spacial score (nSPS) is 23.5. The van der Waals surface area contributed by atoms with Gasteiger partial charge in [0.25, 0.3) is 0 Å². The zero-order chi connectivity index (χ0) is 20.8. The van der Waals surface area contributed by atoms with Crippen LogP contribution in [0, 0.1) is 11.8 Å². The second kappa shape index (κ2) is 9.96. The molecule has 0 aliphatic heterocycles. The molecule has 1 aromatic carbocycles. The minimum absolute atomic E-state index is 0.0266. The van der Waals surface area contributed by atoms with Crippen molar-refractivity contribution in [1.82, 2.24) is 0 Å². The van der Waals surface area contributed by atoms with Crippen LogP contribution in [0.3, 0.4) is 0 Å². The highest BCUT2D eigenvalue weighted by Crippen LogP contribution is 2.35. The van der Waals surface area contributed by atoms with Crippen LogP contribution in [0.25, 0.3) is 10.1 Å². The summed E-state index contributed by atoms with van der Waals surface area (Å²) < 4.78 is 1.11. The number of aliphatic hydroxyl groups is 2. The number of allylic oxidation sites excluding steroid dienone is 2. The Morgan fingerprint density at radius 1 is 1.28 bits per heavy atom. The second-order valence-electron chi connectivity index (χ2n) is 7.43. The average Bonchev–Trinajstić information content (AvgIpc) is 3.23. The number of rotatable bonds is 9. The van der Waals surface area contributed by atoms with E-state index in [4.69, 9.17) is 5.11 Å². The lowest BCUT2D eigenvalue weighted by Gasteiger charge is -2.16. The minimum Gasteiger partial charge on any atom is -0.481 e. The van der Waals surface area contributed by atoms with Crippen molar-refractivity contribution in [3.63, 3.8) is 0 Å². The molecule has 0 bridgehead atoms. The second-order valence-corrected chi connectivity index (χ2v) is 8.55. The number of carbonyl (C=O) groups is 2. The molecule has 2 aromatic rings. The molecule has 29 heavy (non-hydrogen) atoms. The van der Waals surface area contributed by atoms with E-state index in [0.717, 1.165) is 15.0 Å². The molecule has 0 radical (unpaired) electrons. The topological polar surface area (TPSA) is 94.8 Å². The molecule has 3 rings (SSSR count). The molecule has 4 atom stereocenters. The smallest absolute Gasteiger partial charge is 0.303 e. The van der Waals surface area contributed by atoms with E-state index in [1.807, 2.05) is 42.5 Å². The van der Waals surface area contributed by atoms with Gasteiger partial charge in [-0.25, -0.2) is 0 Å². The standard InChI is InChI=1S/C23H26O5S/c24-18(22-13-15-7-5-6-9-21(15)29-22)12-11-17-16(19(25)14-20(17)26)8-3-1-2-4-10-23(27)28/h1,3,5-7,9,11-13,16-18,20,24,26H,2,4,8,10,14H2,(H,27,28)/t16-,17-,18-,20-/m1/s1. The Labute approximate surface area is 174 Å². The molecule has 0 spiro atoms. The van der Waals surface area contributed by atoms with E-state index in [-0.39, 0.29) is 30.5 Å². The first-order valence-corrected chi connectivity index (χ1v) is 10.7. The van der Waals surface area contributed by atoms with E-state index in [2.05, 4.69) is 0 Å². The van der Waals surface area contributed by atoms with Gasteiger partial charge < -0.3 is 15.3 Å². The Bertz CT molecular complexity index is 880. The summed E-state index contributed by atoms with van der Waals surface area (Å²) in [5.41, 5.74) is 0. The number of fused-ring (bicyclic) bond motifs is 1. The van der Waals surface area contributed by atoms with Gasteiger partial charge in [-0.2, -0.15) is 0 Å². The Morgan fingerprint density at radius 2 is 2.07 bits per heavy atom. The Hall–Kier alpha value is -2.28. The fourth-order valence-electron chi connectivity index (χ4n) is 3.74. The Balaban J connectivity index is 1.61. The SMILES string of the molecule is O=C(O)CCCC=CC[C@H]1C(=O)C[C@@H](O)[C@@H]1C=C[C@@H](O)c1cc2ccccc2s1. The van der Waals surface area contributed by atoms with Gasteiger partial charge >= 0.3 is 5.97 Å². The molecule has 0 amide bonds. The van der Waals surface area contributed by atoms with Gasteiger partial charge in [-0.15, -0.1) is 11.3 Å². The lowest BCUT2D eigenvalue weighted by molar-refractivity contribution is -0.137. The van der Waals surface area contributed by atoms with E-state index >= 15 is 0 Å². The minimum atomic E-state index is -0.810. The van der Waals surface area contributed by atoms with Gasteiger partial charge in [0.05, 0.1) is 6.10 Å². The van der Waals surface area contributed by atoms with Gasteiger partial charge in [-0.05, 0) is 36.8 Å². The number of unbranched alkanes of at least 4 members (excludes halogenated alkanes) is 1. The van der Waals surface area contributed by atoms with Crippen LogP contribution in [0.2, 0.25) is 0 Å². The van der Waals surface area contributed by atoms with Gasteiger partial charge in [0.2, 0.25) is 0 Å². The molecule has 154 valence electrons. The maximum atomic E-state index is 12.3. The Morgan fingerprint density at radius 3 is 2.83 bits per heavy atom. The number of thiophene rings is 1. The number of ketones is 1. The van der Waals surface area contributed by atoms with Crippen molar-refractivity contribution in [3.8, 4) is 0 Å². The lowest BCUT2D eigenvalue weighted by atomic mass is 9.90. The van der Waals surface area contributed by atoms with Gasteiger partial charge in [0.15, 0.2) is 0 Å². The summed E-state index contributed by atoms with van der Waals surface area (Å²) in [4.78, 5) is 23.6. The van der Waals surface area contributed by atoms with Crippen molar-refractivity contribution in [2.75, 3.05) is 0 Å². The molecule has 1 aliphatic carbocycles. The van der Waals surface area contributed by atoms with E-state index in [1.165, 1.54) is 11.3 Å². The highest BCUT2D eigenvalue weighted by molar-refractivity contribution is 7.19. The summed E-state index contributed by atoms with van der Waals surface area (Å²) in [5, 5.41) is 30.6. The van der Waals surface area contributed by atoms with Gasteiger partial charge in [-0.1, -0.05) is 42.5 Å². The Kier molecular flexibility index (Phi) is 7.36. The van der Waals surface area contributed by atoms with E-state index in [9.17, 15) is 19.8 Å². The number of carbonyl (C=O) groups excluding carboxylic acids is 1. The number of hydrogen-bond donors (Lipinski definition) is 3. The predicted molar refractivity (Wildman–Crippen MR) is 114 cm³/mol. The molecule has 1 heterocycles. The number of carboxylic acid groups (broad SMARTS) is 1. The summed E-state index contributed by atoms with van der Waals surface area (Å²) in [6, 6.07) is 9.90. The lowest BCUT2D eigenvalue weighted by Crippen LogP contribution is -2.18. The third-order valence-corrected chi connectivity index (χ3v) is 6.49. The summed E-state index contributed by atoms with van der Waals surface area (Å²) in [5.74, 6) is -1.42. The summed E-state index contributed by atoms with van der Waals surface area (Å²) in [6.07, 6.45) is 7.71. The maximum Gasteiger partial charge on any atom is 0.303 e. The maximum absolute atomic E-state index is 12.3. The molecule has 0 saturated heterocycles. The number of aliphatic hydroxyl groups excluding tert-OH is 2. The highest BCUT2D eigenvalue weighted by Gasteiger charge is 2.39. The van der Waals surface area contributed by atoms with Gasteiger partial charge in [-0.3, -0.25) is 9.59 Å². The van der Waals surface area contributed by atoms with Crippen LogP contribution in [0.5, 0.6) is 0 Å². The summed E-state index contributed by atoms with van der Waals surface area (Å²) in [7, 11) is 0. The van der Waals surface area contributed by atoms with E-state index in [1.54, 1.807) is 12.2 Å². The fourth-order valence-corrected chi connectivity index (χ4v) is 4.77. The van der Waals surface area contributed by atoms with Gasteiger partial charge in [0.1, 0.15) is 11.9 Å². The number of carboxylic acids is 1. The molecule has 6 heteroatoms. The molecular weight excluding hydrogens is 388 g/mol. The molecule has 1 saturated carbocycles. The van der Waals surface area contributed by atoms with Crippen LogP contribution < -0.4 is 0 Å². The van der Waals surface area contributed by atoms with Crippen molar-refractivity contribution in [3.05, 3.63) is 59.5 Å². The van der Waals surface area contributed by atoms with Crippen molar-refractivity contribution >= 4 is 33.2 Å². The van der Waals surface area contributed by atoms with Crippen LogP contribution in [-0.4, -0.2) is 33.2 Å². The predicted octanol–water partition coefficient (Wildman–Crippen LogP) is 4.26. The van der Waals surface area contributed by atoms with Crippen molar-refractivity contribution < 1.29 is 24.9 Å². The summed E-state index contributed by atoms with van der Waals surface area (Å²) >= 11 is 1.53. The molecule has 1 fully saturated rings. The third-order valence-electron chi connectivity index (χ3n) is 5.30.